The number of hydrogen-bond donors (Lipinski definition) is 2. The molecule has 0 aliphatic carbocycles. The minimum absolute atomic E-state index is 0.138. The molecule has 2 heterocycles. The van der Waals surface area contributed by atoms with Crippen LogP contribution in [0.2, 0.25) is 0 Å². The lowest BCUT2D eigenvalue weighted by Gasteiger charge is -2.33. The first kappa shape index (κ1) is 8.97. The topological polar surface area (TPSA) is 62.3 Å². The fourth-order valence-electron chi connectivity index (χ4n) is 2.44. The molecule has 74 valence electrons. The van der Waals surface area contributed by atoms with Gasteiger partial charge in [-0.3, -0.25) is 10.3 Å². The molecule has 2 bridgehead atoms. The lowest BCUT2D eigenvalue weighted by atomic mass is 10.1. The fourth-order valence-corrected chi connectivity index (χ4v) is 2.44. The van der Waals surface area contributed by atoms with Crippen LogP contribution in [0.1, 0.15) is 19.8 Å². The van der Waals surface area contributed by atoms with E-state index in [2.05, 4.69) is 11.8 Å². The second kappa shape index (κ2) is 3.27. The Kier molecular flexibility index (Phi) is 2.26. The summed E-state index contributed by atoms with van der Waals surface area (Å²) < 4.78 is 5.50. The van der Waals surface area contributed by atoms with Gasteiger partial charge < -0.3 is 10.5 Å². The fraction of sp³-hybridized carbons (Fsp3) is 0.889. The molecule has 2 rings (SSSR count). The molecule has 0 saturated carbocycles. The lowest BCUT2D eigenvalue weighted by molar-refractivity contribution is 0.0219. The highest BCUT2D eigenvalue weighted by Crippen LogP contribution is 2.30. The van der Waals surface area contributed by atoms with Crippen molar-refractivity contribution in [2.24, 2.45) is 5.73 Å². The van der Waals surface area contributed by atoms with Gasteiger partial charge in [-0.25, -0.2) is 0 Å². The van der Waals surface area contributed by atoms with Gasteiger partial charge in [-0.2, -0.15) is 0 Å². The van der Waals surface area contributed by atoms with E-state index in [4.69, 9.17) is 15.9 Å². The number of morpholine rings is 1. The number of rotatable bonds is 3. The normalized spacial score (nSPS) is 35.2. The Morgan fingerprint density at radius 3 is 2.92 bits per heavy atom. The second-order valence-electron chi connectivity index (χ2n) is 3.92. The van der Waals surface area contributed by atoms with Crippen LogP contribution in [0, 0.1) is 5.41 Å². The zero-order valence-electron chi connectivity index (χ0n) is 7.99. The van der Waals surface area contributed by atoms with Crippen LogP contribution >= 0.6 is 0 Å². The number of hydrogen-bond acceptors (Lipinski definition) is 3. The summed E-state index contributed by atoms with van der Waals surface area (Å²) in [6, 6.07) is 0.651. The van der Waals surface area contributed by atoms with Gasteiger partial charge in [-0.15, -0.1) is 0 Å². The van der Waals surface area contributed by atoms with Crippen molar-refractivity contribution in [1.29, 1.82) is 5.41 Å². The highest BCUT2D eigenvalue weighted by Gasteiger charge is 2.42. The molecule has 2 fully saturated rings. The van der Waals surface area contributed by atoms with E-state index < -0.39 is 0 Å². The Labute approximate surface area is 78.5 Å². The third kappa shape index (κ3) is 1.44. The molecular weight excluding hydrogens is 166 g/mol. The lowest BCUT2D eigenvalue weighted by Crippen LogP contribution is -2.49. The van der Waals surface area contributed by atoms with Crippen LogP contribution < -0.4 is 5.73 Å². The van der Waals surface area contributed by atoms with Gasteiger partial charge in [0.2, 0.25) is 0 Å². The summed E-state index contributed by atoms with van der Waals surface area (Å²) in [5.41, 5.74) is 5.56. The minimum Gasteiger partial charge on any atom is -0.386 e. The Balaban J connectivity index is 2.04. The number of nitrogens with zero attached hydrogens (tertiary/aromatic N) is 1. The van der Waals surface area contributed by atoms with Crippen molar-refractivity contribution < 1.29 is 4.74 Å². The monoisotopic (exact) mass is 183 g/mol. The Morgan fingerprint density at radius 1 is 1.77 bits per heavy atom. The van der Waals surface area contributed by atoms with Gasteiger partial charge in [0.25, 0.3) is 0 Å². The molecule has 4 heteroatoms. The van der Waals surface area contributed by atoms with E-state index in [1.165, 1.54) is 0 Å². The van der Waals surface area contributed by atoms with E-state index in [1.807, 2.05) is 0 Å². The maximum absolute atomic E-state index is 7.49. The van der Waals surface area contributed by atoms with Crippen molar-refractivity contribution in [3.63, 3.8) is 0 Å². The maximum Gasteiger partial charge on any atom is 0.108 e. The Morgan fingerprint density at radius 2 is 2.54 bits per heavy atom. The summed E-state index contributed by atoms with van der Waals surface area (Å²) in [4.78, 5) is 2.33. The largest absolute Gasteiger partial charge is 0.386 e. The summed E-state index contributed by atoms with van der Waals surface area (Å²) in [7, 11) is 0. The van der Waals surface area contributed by atoms with Gasteiger partial charge in [0.1, 0.15) is 5.84 Å². The van der Waals surface area contributed by atoms with Crippen molar-refractivity contribution in [3.05, 3.63) is 0 Å². The number of amidine groups is 1. The molecule has 0 aromatic heterocycles. The summed E-state index contributed by atoms with van der Waals surface area (Å²) in [6.07, 6.45) is 2.46. The molecule has 2 aliphatic rings. The van der Waals surface area contributed by atoms with Gasteiger partial charge in [0.05, 0.1) is 18.8 Å². The van der Waals surface area contributed by atoms with Crippen LogP contribution in [0.3, 0.4) is 0 Å². The molecule has 13 heavy (non-hydrogen) atoms. The van der Waals surface area contributed by atoms with E-state index >= 15 is 0 Å². The van der Waals surface area contributed by atoms with Crippen LogP contribution in [-0.2, 0) is 4.74 Å². The van der Waals surface area contributed by atoms with Crippen molar-refractivity contribution in [1.82, 2.24) is 4.90 Å². The highest BCUT2D eigenvalue weighted by molar-refractivity contribution is 5.82. The SMILES string of the molecule is CCC(C(=N)N)N1CC2CC1CO2. The van der Waals surface area contributed by atoms with Crippen molar-refractivity contribution in [2.75, 3.05) is 13.2 Å². The predicted octanol–water partition coefficient (Wildman–Crippen LogP) is 0.174. The number of likely N-dealkylation sites (tertiary alicyclic amines) is 1. The number of ether oxygens (including phenoxy) is 1. The second-order valence-corrected chi connectivity index (χ2v) is 3.92. The van der Waals surface area contributed by atoms with E-state index in [0.29, 0.717) is 18.0 Å². The van der Waals surface area contributed by atoms with E-state index in [-0.39, 0.29) is 6.04 Å². The number of nitrogens with one attached hydrogen (secondary N) is 1. The quantitative estimate of drug-likeness (QED) is 0.484. The van der Waals surface area contributed by atoms with Crippen molar-refractivity contribution in [2.45, 2.75) is 38.0 Å². The van der Waals surface area contributed by atoms with Crippen LogP contribution in [0.4, 0.5) is 0 Å². The molecular formula is C9H17N3O. The minimum atomic E-state index is 0.138. The zero-order chi connectivity index (χ0) is 9.42. The molecule has 3 N–H and O–H groups in total. The summed E-state index contributed by atoms with van der Waals surface area (Å²) in [6.45, 7) is 3.87. The average Bonchev–Trinajstić information content (AvgIpc) is 2.65. The summed E-state index contributed by atoms with van der Waals surface area (Å²) >= 11 is 0. The van der Waals surface area contributed by atoms with Gasteiger partial charge in [-0.05, 0) is 12.8 Å². The molecule has 0 radical (unpaired) electrons. The number of nitrogens with two attached hydrogens (primary N) is 1. The highest BCUT2D eigenvalue weighted by atomic mass is 16.5. The molecule has 4 nitrogen and oxygen atoms in total. The molecule has 0 aromatic rings. The van der Waals surface area contributed by atoms with Crippen molar-refractivity contribution >= 4 is 5.84 Å². The van der Waals surface area contributed by atoms with Crippen LogP contribution in [0.5, 0.6) is 0 Å². The van der Waals surface area contributed by atoms with Crippen LogP contribution in [-0.4, -0.2) is 42.1 Å². The van der Waals surface area contributed by atoms with Crippen LogP contribution in [0.25, 0.3) is 0 Å². The van der Waals surface area contributed by atoms with Gasteiger partial charge in [-0.1, -0.05) is 6.92 Å². The maximum atomic E-state index is 7.49. The smallest absolute Gasteiger partial charge is 0.108 e. The molecule has 0 amide bonds. The average molecular weight is 183 g/mol. The van der Waals surface area contributed by atoms with Crippen molar-refractivity contribution in [3.8, 4) is 0 Å². The molecule has 3 atom stereocenters. The van der Waals surface area contributed by atoms with Gasteiger partial charge in [0.15, 0.2) is 0 Å². The van der Waals surface area contributed by atoms with Crippen LogP contribution in [0.15, 0.2) is 0 Å². The molecule has 2 saturated heterocycles. The predicted molar refractivity (Wildman–Crippen MR) is 50.8 cm³/mol. The van der Waals surface area contributed by atoms with E-state index in [0.717, 1.165) is 26.0 Å². The molecule has 2 aliphatic heterocycles. The number of fused-ring (bicyclic) bond motifs is 2. The van der Waals surface area contributed by atoms with Gasteiger partial charge in [0, 0.05) is 12.6 Å². The first-order valence-electron chi connectivity index (χ1n) is 4.93. The summed E-state index contributed by atoms with van der Waals surface area (Å²) in [5.74, 6) is 0.301. The van der Waals surface area contributed by atoms with E-state index in [9.17, 15) is 0 Å². The van der Waals surface area contributed by atoms with Gasteiger partial charge >= 0.3 is 0 Å². The Hall–Kier alpha value is -0.610. The van der Waals surface area contributed by atoms with E-state index in [1.54, 1.807) is 0 Å². The Bertz CT molecular complexity index is 219. The first-order valence-corrected chi connectivity index (χ1v) is 4.93. The third-order valence-electron chi connectivity index (χ3n) is 3.09. The zero-order valence-corrected chi connectivity index (χ0v) is 7.99. The standard InChI is InChI=1S/C9H17N3O/c1-2-8(9(10)11)12-4-7-3-6(12)5-13-7/h6-8H,2-5H2,1H3,(H3,10,11). The molecule has 0 spiro atoms. The molecule has 0 aromatic carbocycles. The first-order chi connectivity index (χ1) is 6.22. The summed E-state index contributed by atoms with van der Waals surface area (Å²) in [5, 5.41) is 7.49. The molecule has 3 unspecified atom stereocenters. The third-order valence-corrected chi connectivity index (χ3v) is 3.09.